The lowest BCUT2D eigenvalue weighted by molar-refractivity contribution is -0.137. The Morgan fingerprint density at radius 1 is 1.13 bits per heavy atom. The predicted octanol–water partition coefficient (Wildman–Crippen LogP) is 4.73. The number of hydrogen-bond donors (Lipinski definition) is 0. The van der Waals surface area contributed by atoms with Crippen LogP contribution in [0.5, 0.6) is 0 Å². The van der Waals surface area contributed by atoms with Crippen molar-refractivity contribution in [3.63, 3.8) is 0 Å². The minimum atomic E-state index is -3.52. The first-order valence-corrected chi connectivity index (χ1v) is 13.7. The second-order valence-electron chi connectivity index (χ2n) is 8.37. The van der Waals surface area contributed by atoms with Crippen molar-refractivity contribution in [1.29, 1.82) is 0 Å². The summed E-state index contributed by atoms with van der Waals surface area (Å²) >= 11 is 7.51. The average molecular weight is 481 g/mol. The van der Waals surface area contributed by atoms with Crippen LogP contribution in [0.25, 0.3) is 0 Å². The van der Waals surface area contributed by atoms with Gasteiger partial charge in [-0.2, -0.15) is 4.31 Å². The molecule has 1 aromatic heterocycles. The van der Waals surface area contributed by atoms with Gasteiger partial charge >= 0.3 is 0 Å². The number of benzene rings is 1. The highest BCUT2D eigenvalue weighted by Gasteiger charge is 2.34. The molecule has 1 fully saturated rings. The fourth-order valence-corrected chi connectivity index (χ4v) is 7.22. The molecule has 1 aliphatic carbocycles. The summed E-state index contributed by atoms with van der Waals surface area (Å²) in [6.07, 6.45) is 5.41. The second kappa shape index (κ2) is 9.61. The maximum Gasteiger partial charge on any atom is 0.243 e. The molecule has 2 aromatic rings. The molecule has 168 valence electrons. The van der Waals surface area contributed by atoms with Crippen LogP contribution < -0.4 is 0 Å². The van der Waals surface area contributed by atoms with Gasteiger partial charge in [-0.25, -0.2) is 8.42 Å². The minimum Gasteiger partial charge on any atom is -0.338 e. The lowest BCUT2D eigenvalue weighted by atomic mass is 9.92. The smallest absolute Gasteiger partial charge is 0.243 e. The van der Waals surface area contributed by atoms with Gasteiger partial charge in [0.25, 0.3) is 0 Å². The summed E-state index contributed by atoms with van der Waals surface area (Å²) in [6.45, 7) is 3.93. The van der Waals surface area contributed by atoms with Crippen LogP contribution in [0.2, 0.25) is 4.34 Å². The standard InChI is InChI=1S/C23H29ClN2O3S2/c1-2-25(16-20-8-10-22(24)30-20)23(27)18-11-13-26(14-12-18)31(28,29)21-9-7-17-5-3-4-6-19(17)15-21/h7-10,15,18H,2-6,11-14,16H2,1H3. The molecular formula is C23H29ClN2O3S2. The molecule has 2 heterocycles. The lowest BCUT2D eigenvalue weighted by Gasteiger charge is -2.33. The third-order valence-corrected chi connectivity index (χ3v) is 9.54. The Morgan fingerprint density at radius 3 is 2.48 bits per heavy atom. The molecular weight excluding hydrogens is 452 g/mol. The van der Waals surface area contributed by atoms with Gasteiger partial charge in [0.2, 0.25) is 15.9 Å². The topological polar surface area (TPSA) is 57.7 Å². The molecule has 8 heteroatoms. The summed E-state index contributed by atoms with van der Waals surface area (Å²) in [6, 6.07) is 9.40. The third kappa shape index (κ3) is 5.00. The number of carbonyl (C=O) groups excluding carboxylic acids is 1. The average Bonchev–Trinajstić information content (AvgIpc) is 3.21. The number of nitrogens with zero attached hydrogens (tertiary/aromatic N) is 2. The van der Waals surface area contributed by atoms with Crippen LogP contribution >= 0.6 is 22.9 Å². The van der Waals surface area contributed by atoms with Crippen molar-refractivity contribution in [2.24, 2.45) is 5.92 Å². The summed E-state index contributed by atoms with van der Waals surface area (Å²) in [4.78, 5) is 16.4. The maximum absolute atomic E-state index is 13.2. The van der Waals surface area contributed by atoms with Crippen LogP contribution in [-0.4, -0.2) is 43.2 Å². The highest BCUT2D eigenvalue weighted by molar-refractivity contribution is 7.89. The van der Waals surface area contributed by atoms with Gasteiger partial charge in [-0.15, -0.1) is 11.3 Å². The van der Waals surface area contributed by atoms with E-state index in [4.69, 9.17) is 11.6 Å². The fraction of sp³-hybridized carbons (Fsp3) is 0.522. The number of thiophene rings is 1. The largest absolute Gasteiger partial charge is 0.338 e. The Bertz CT molecular complexity index is 1040. The number of piperidine rings is 1. The van der Waals surface area contributed by atoms with Crippen LogP contribution in [0.3, 0.4) is 0 Å². The van der Waals surface area contributed by atoms with Crippen LogP contribution in [0.1, 0.15) is 48.6 Å². The van der Waals surface area contributed by atoms with Gasteiger partial charge in [0.15, 0.2) is 0 Å². The zero-order valence-corrected chi connectivity index (χ0v) is 20.2. The van der Waals surface area contributed by atoms with Crippen LogP contribution in [0.4, 0.5) is 0 Å². The Balaban J connectivity index is 1.39. The van der Waals surface area contributed by atoms with E-state index >= 15 is 0 Å². The van der Waals surface area contributed by atoms with Gasteiger partial charge in [0.05, 0.1) is 15.8 Å². The second-order valence-corrected chi connectivity index (χ2v) is 12.1. The first kappa shape index (κ1) is 22.8. The van der Waals surface area contributed by atoms with Gasteiger partial charge in [-0.3, -0.25) is 4.79 Å². The number of carbonyl (C=O) groups is 1. The van der Waals surface area contributed by atoms with Crippen molar-refractivity contribution in [1.82, 2.24) is 9.21 Å². The molecule has 0 unspecified atom stereocenters. The molecule has 1 aromatic carbocycles. The van der Waals surface area contributed by atoms with E-state index in [2.05, 4.69) is 0 Å². The molecule has 0 bridgehead atoms. The molecule has 0 N–H and O–H groups in total. The SMILES string of the molecule is CCN(Cc1ccc(Cl)s1)C(=O)C1CCN(S(=O)(=O)c2ccc3c(c2)CCCC3)CC1. The van der Waals surface area contributed by atoms with Gasteiger partial charge in [-0.1, -0.05) is 17.7 Å². The molecule has 1 saturated heterocycles. The van der Waals surface area contributed by atoms with E-state index in [9.17, 15) is 13.2 Å². The number of halogens is 1. The molecule has 4 rings (SSSR count). The molecule has 5 nitrogen and oxygen atoms in total. The number of fused-ring (bicyclic) bond motifs is 1. The highest BCUT2D eigenvalue weighted by Crippen LogP contribution is 2.29. The van der Waals surface area contributed by atoms with Gasteiger partial charge in [0, 0.05) is 30.4 Å². The molecule has 31 heavy (non-hydrogen) atoms. The van der Waals surface area contributed by atoms with E-state index in [0.29, 0.717) is 43.9 Å². The molecule has 0 saturated carbocycles. The van der Waals surface area contributed by atoms with E-state index in [1.54, 1.807) is 10.4 Å². The Kier molecular flexibility index (Phi) is 7.06. The Labute approximate surface area is 194 Å². The van der Waals surface area contributed by atoms with Gasteiger partial charge in [0.1, 0.15) is 0 Å². The summed E-state index contributed by atoms with van der Waals surface area (Å²) < 4.78 is 28.7. The third-order valence-electron chi connectivity index (χ3n) is 6.43. The molecule has 0 atom stereocenters. The first-order chi connectivity index (χ1) is 14.9. The zero-order valence-electron chi connectivity index (χ0n) is 17.8. The van der Waals surface area contributed by atoms with E-state index in [0.717, 1.165) is 28.5 Å². The zero-order chi connectivity index (χ0) is 22.0. The minimum absolute atomic E-state index is 0.109. The summed E-state index contributed by atoms with van der Waals surface area (Å²) in [5.41, 5.74) is 2.45. The van der Waals surface area contributed by atoms with E-state index in [-0.39, 0.29) is 11.8 Å². The summed E-state index contributed by atoms with van der Waals surface area (Å²) in [7, 11) is -3.52. The van der Waals surface area contributed by atoms with Crippen molar-refractivity contribution >= 4 is 38.9 Å². The number of amides is 1. The Hall–Kier alpha value is -1.41. The van der Waals surface area contributed by atoms with Crippen molar-refractivity contribution < 1.29 is 13.2 Å². The summed E-state index contributed by atoms with van der Waals surface area (Å²) in [5, 5.41) is 0. The number of rotatable bonds is 6. The lowest BCUT2D eigenvalue weighted by Crippen LogP contribution is -2.44. The van der Waals surface area contributed by atoms with E-state index in [1.807, 2.05) is 36.1 Å². The van der Waals surface area contributed by atoms with Crippen LogP contribution in [0, 0.1) is 5.92 Å². The number of sulfonamides is 1. The van der Waals surface area contributed by atoms with E-state index < -0.39 is 10.0 Å². The van der Waals surface area contributed by atoms with Crippen LogP contribution in [-0.2, 0) is 34.2 Å². The normalized spacial score (nSPS) is 18.0. The molecule has 1 amide bonds. The Morgan fingerprint density at radius 2 is 1.84 bits per heavy atom. The predicted molar refractivity (Wildman–Crippen MR) is 125 cm³/mol. The molecule has 0 radical (unpaired) electrons. The number of aryl methyl sites for hydroxylation is 2. The summed E-state index contributed by atoms with van der Waals surface area (Å²) in [5.74, 6) is -0.0248. The quantitative estimate of drug-likeness (QED) is 0.600. The van der Waals surface area contributed by atoms with Crippen molar-refractivity contribution in [2.45, 2.75) is 56.9 Å². The van der Waals surface area contributed by atoms with Crippen molar-refractivity contribution in [3.8, 4) is 0 Å². The monoisotopic (exact) mass is 480 g/mol. The van der Waals surface area contributed by atoms with Crippen molar-refractivity contribution in [2.75, 3.05) is 19.6 Å². The molecule has 2 aliphatic rings. The van der Waals surface area contributed by atoms with Gasteiger partial charge in [-0.05, 0) is 80.8 Å². The first-order valence-electron chi connectivity index (χ1n) is 11.0. The molecule has 1 aliphatic heterocycles. The van der Waals surface area contributed by atoms with Gasteiger partial charge < -0.3 is 4.90 Å². The van der Waals surface area contributed by atoms with E-state index in [1.165, 1.54) is 28.9 Å². The molecule has 0 spiro atoms. The highest BCUT2D eigenvalue weighted by atomic mass is 35.5. The maximum atomic E-state index is 13.2. The number of hydrogen-bond acceptors (Lipinski definition) is 4. The fourth-order valence-electron chi connectivity index (χ4n) is 4.59. The van der Waals surface area contributed by atoms with Crippen LogP contribution in [0.15, 0.2) is 35.2 Å². The van der Waals surface area contributed by atoms with Crippen molar-refractivity contribution in [3.05, 3.63) is 50.7 Å².